The van der Waals surface area contributed by atoms with Gasteiger partial charge in [0.2, 0.25) is 0 Å². The quantitative estimate of drug-likeness (QED) is 0.644. The molecular weight excluding hydrogens is 364 g/mol. The van der Waals surface area contributed by atoms with Crippen molar-refractivity contribution >= 4 is 29.0 Å². The summed E-state index contributed by atoms with van der Waals surface area (Å²) in [5.41, 5.74) is 1.85. The third kappa shape index (κ3) is 4.95. The van der Waals surface area contributed by atoms with Crippen molar-refractivity contribution in [3.8, 4) is 5.75 Å². The molecule has 0 aliphatic carbocycles. The minimum Gasteiger partial charge on any atom is -0.496 e. The molecule has 1 aromatic heterocycles. The van der Waals surface area contributed by atoms with Gasteiger partial charge in [-0.3, -0.25) is 4.79 Å². The van der Waals surface area contributed by atoms with E-state index in [0.717, 1.165) is 17.7 Å². The highest BCUT2D eigenvalue weighted by Crippen LogP contribution is 2.21. The van der Waals surface area contributed by atoms with Crippen molar-refractivity contribution in [3.63, 3.8) is 0 Å². The van der Waals surface area contributed by atoms with E-state index in [-0.39, 0.29) is 11.6 Å². The third-order valence-corrected chi connectivity index (χ3v) is 4.24. The minimum absolute atomic E-state index is 0.213. The topological polar surface area (TPSA) is 76.1 Å². The molecule has 0 radical (unpaired) electrons. The summed E-state index contributed by atoms with van der Waals surface area (Å²) in [6, 6.07) is 18.2. The molecule has 0 atom stereocenters. The monoisotopic (exact) mass is 382 g/mol. The van der Waals surface area contributed by atoms with Gasteiger partial charge in [0.05, 0.1) is 17.8 Å². The van der Waals surface area contributed by atoms with Crippen LogP contribution in [0.25, 0.3) is 0 Å². The van der Waals surface area contributed by atoms with Crippen molar-refractivity contribution < 1.29 is 9.53 Å². The van der Waals surface area contributed by atoms with E-state index in [2.05, 4.69) is 20.8 Å². The molecule has 0 fully saturated rings. The second-order valence-electron chi connectivity index (χ2n) is 5.73. The zero-order valence-electron chi connectivity index (χ0n) is 14.8. The van der Waals surface area contributed by atoms with Gasteiger partial charge in [-0.25, -0.2) is 0 Å². The lowest BCUT2D eigenvalue weighted by atomic mass is 10.1. The maximum atomic E-state index is 12.2. The molecule has 0 bridgehead atoms. The summed E-state index contributed by atoms with van der Waals surface area (Å²) < 4.78 is 5.34. The average molecular weight is 383 g/mol. The van der Waals surface area contributed by atoms with Crippen LogP contribution >= 0.6 is 11.6 Å². The van der Waals surface area contributed by atoms with Gasteiger partial charge < -0.3 is 15.4 Å². The molecule has 0 saturated carbocycles. The van der Waals surface area contributed by atoms with E-state index in [9.17, 15) is 4.79 Å². The van der Waals surface area contributed by atoms with E-state index in [4.69, 9.17) is 16.3 Å². The number of halogens is 1. The Bertz CT molecular complexity index is 916. The van der Waals surface area contributed by atoms with Gasteiger partial charge in [0.25, 0.3) is 5.91 Å². The number of anilines is 2. The van der Waals surface area contributed by atoms with Crippen molar-refractivity contribution in [2.45, 2.75) is 6.42 Å². The van der Waals surface area contributed by atoms with Crippen LogP contribution in [0, 0.1) is 0 Å². The molecule has 0 saturated heterocycles. The molecular formula is C20H19ClN4O2. The molecule has 0 aliphatic heterocycles. The number of methoxy groups -OCH3 is 1. The largest absolute Gasteiger partial charge is 0.496 e. The second-order valence-corrected chi connectivity index (χ2v) is 6.13. The van der Waals surface area contributed by atoms with Gasteiger partial charge in [-0.15, -0.1) is 10.2 Å². The number of aromatic nitrogens is 2. The first-order chi connectivity index (χ1) is 13.2. The highest BCUT2D eigenvalue weighted by Gasteiger charge is 2.10. The maximum absolute atomic E-state index is 12.2. The van der Waals surface area contributed by atoms with Gasteiger partial charge in [-0.2, -0.15) is 0 Å². The average Bonchev–Trinajstić information content (AvgIpc) is 2.70. The van der Waals surface area contributed by atoms with E-state index in [0.29, 0.717) is 23.1 Å². The van der Waals surface area contributed by atoms with Crippen LogP contribution in [0.4, 0.5) is 11.5 Å². The number of carbonyl (C=O) groups excluding carboxylic acids is 1. The summed E-state index contributed by atoms with van der Waals surface area (Å²) in [7, 11) is 1.66. The van der Waals surface area contributed by atoms with Gasteiger partial charge >= 0.3 is 0 Å². The Morgan fingerprint density at radius 1 is 1.04 bits per heavy atom. The Morgan fingerprint density at radius 3 is 2.56 bits per heavy atom. The maximum Gasteiger partial charge on any atom is 0.276 e. The Balaban J connectivity index is 1.55. The van der Waals surface area contributed by atoms with Crippen LogP contribution in [0.2, 0.25) is 5.02 Å². The molecule has 1 heterocycles. The number of amides is 1. The van der Waals surface area contributed by atoms with E-state index in [1.165, 1.54) is 0 Å². The Labute approximate surface area is 162 Å². The molecule has 0 unspecified atom stereocenters. The van der Waals surface area contributed by atoms with Crippen LogP contribution in [0.5, 0.6) is 5.75 Å². The minimum atomic E-state index is -0.365. The van der Waals surface area contributed by atoms with Crippen molar-refractivity contribution in [1.29, 1.82) is 0 Å². The van der Waals surface area contributed by atoms with Crippen molar-refractivity contribution in [3.05, 3.63) is 76.9 Å². The standard InChI is InChI=1S/C20H19ClN4O2/c1-27-18-9-5-2-6-14(18)12-13-22-19-11-10-17(24-25-19)20(26)23-16-8-4-3-7-15(16)21/h2-11H,12-13H2,1H3,(H,22,25)(H,23,26). The predicted molar refractivity (Wildman–Crippen MR) is 107 cm³/mol. The van der Waals surface area contributed by atoms with Crippen molar-refractivity contribution in [2.75, 3.05) is 24.3 Å². The number of carbonyl (C=O) groups is 1. The van der Waals surface area contributed by atoms with Crippen LogP contribution in [0.1, 0.15) is 16.1 Å². The highest BCUT2D eigenvalue weighted by atomic mass is 35.5. The van der Waals surface area contributed by atoms with Crippen LogP contribution in [-0.4, -0.2) is 29.8 Å². The smallest absolute Gasteiger partial charge is 0.276 e. The van der Waals surface area contributed by atoms with E-state index in [1.807, 2.05) is 24.3 Å². The molecule has 6 nitrogen and oxygen atoms in total. The molecule has 3 aromatic rings. The third-order valence-electron chi connectivity index (χ3n) is 3.91. The summed E-state index contributed by atoms with van der Waals surface area (Å²) in [5.74, 6) is 1.09. The van der Waals surface area contributed by atoms with Crippen molar-refractivity contribution in [1.82, 2.24) is 10.2 Å². The lowest BCUT2D eigenvalue weighted by Gasteiger charge is -2.09. The predicted octanol–water partition coefficient (Wildman–Crippen LogP) is 4.05. The first-order valence-corrected chi connectivity index (χ1v) is 8.80. The number of benzene rings is 2. The number of hydrogen-bond donors (Lipinski definition) is 2. The lowest BCUT2D eigenvalue weighted by Crippen LogP contribution is -2.15. The van der Waals surface area contributed by atoms with Crippen LogP contribution in [0.3, 0.4) is 0 Å². The summed E-state index contributed by atoms with van der Waals surface area (Å²) in [5, 5.41) is 14.4. The summed E-state index contributed by atoms with van der Waals surface area (Å²) in [6.45, 7) is 0.667. The van der Waals surface area contributed by atoms with Crippen LogP contribution in [0.15, 0.2) is 60.7 Å². The molecule has 0 spiro atoms. The normalized spacial score (nSPS) is 10.3. The molecule has 0 aliphatic rings. The van der Waals surface area contributed by atoms with Gasteiger partial charge in [-0.1, -0.05) is 41.9 Å². The second kappa shape index (κ2) is 9.00. The van der Waals surface area contributed by atoms with E-state index in [1.54, 1.807) is 43.5 Å². The lowest BCUT2D eigenvalue weighted by molar-refractivity contribution is 0.102. The fourth-order valence-electron chi connectivity index (χ4n) is 2.53. The molecule has 1 amide bonds. The van der Waals surface area contributed by atoms with Gasteiger partial charge in [-0.05, 0) is 42.3 Å². The molecule has 7 heteroatoms. The number of ether oxygens (including phenoxy) is 1. The van der Waals surface area contributed by atoms with E-state index < -0.39 is 0 Å². The number of para-hydroxylation sites is 2. The van der Waals surface area contributed by atoms with Gasteiger partial charge in [0, 0.05) is 6.54 Å². The fourth-order valence-corrected chi connectivity index (χ4v) is 2.71. The number of rotatable bonds is 7. The Hall–Kier alpha value is -3.12. The Morgan fingerprint density at radius 2 is 1.81 bits per heavy atom. The zero-order valence-corrected chi connectivity index (χ0v) is 15.5. The van der Waals surface area contributed by atoms with Crippen LogP contribution in [-0.2, 0) is 6.42 Å². The highest BCUT2D eigenvalue weighted by molar-refractivity contribution is 6.33. The van der Waals surface area contributed by atoms with Crippen LogP contribution < -0.4 is 15.4 Å². The number of nitrogens with zero attached hydrogens (tertiary/aromatic N) is 2. The fraction of sp³-hybridized carbons (Fsp3) is 0.150. The molecule has 138 valence electrons. The van der Waals surface area contributed by atoms with Gasteiger partial charge in [0.1, 0.15) is 11.6 Å². The first-order valence-electron chi connectivity index (χ1n) is 8.43. The molecule has 27 heavy (non-hydrogen) atoms. The number of nitrogens with one attached hydrogen (secondary N) is 2. The molecule has 2 N–H and O–H groups in total. The number of hydrogen-bond acceptors (Lipinski definition) is 5. The SMILES string of the molecule is COc1ccccc1CCNc1ccc(C(=O)Nc2ccccc2Cl)nn1. The Kier molecular flexibility index (Phi) is 6.22. The summed E-state index contributed by atoms with van der Waals surface area (Å²) in [6.07, 6.45) is 0.778. The van der Waals surface area contributed by atoms with Gasteiger partial charge in [0.15, 0.2) is 5.69 Å². The molecule has 2 aromatic carbocycles. The van der Waals surface area contributed by atoms with E-state index >= 15 is 0 Å². The summed E-state index contributed by atoms with van der Waals surface area (Å²) >= 11 is 6.04. The zero-order chi connectivity index (χ0) is 19.1. The van der Waals surface area contributed by atoms with Crippen molar-refractivity contribution in [2.24, 2.45) is 0 Å². The first kappa shape index (κ1) is 18.7. The summed E-state index contributed by atoms with van der Waals surface area (Å²) in [4.78, 5) is 12.2. The molecule has 3 rings (SSSR count).